The van der Waals surface area contributed by atoms with Crippen LogP contribution in [0.2, 0.25) is 0 Å². The van der Waals surface area contributed by atoms with Gasteiger partial charge in [0, 0.05) is 13.0 Å². The minimum Gasteiger partial charge on any atom is -0.377 e. The Labute approximate surface area is 119 Å². The lowest BCUT2D eigenvalue weighted by molar-refractivity contribution is -0.137. The van der Waals surface area contributed by atoms with Gasteiger partial charge in [0.15, 0.2) is 0 Å². The number of unbranched alkanes of at least 4 members (excludes halogenated alkanes) is 1. The zero-order chi connectivity index (χ0) is 14.5. The van der Waals surface area contributed by atoms with Crippen LogP contribution < -0.4 is 0 Å². The number of hydrogen-bond acceptors (Lipinski definition) is 2. The third kappa shape index (κ3) is 3.59. The quantitative estimate of drug-likeness (QED) is 0.479. The third-order valence-corrected chi connectivity index (χ3v) is 5.22. The summed E-state index contributed by atoms with van der Waals surface area (Å²) < 4.78 is 5.92. The van der Waals surface area contributed by atoms with Crippen LogP contribution in [-0.4, -0.2) is 19.0 Å². The van der Waals surface area contributed by atoms with Crippen LogP contribution in [0.15, 0.2) is 0 Å². The maximum Gasteiger partial charge on any atom is 0.125 e. The Morgan fingerprint density at radius 3 is 2.11 bits per heavy atom. The lowest BCUT2D eigenvalue weighted by Gasteiger charge is -2.41. The Morgan fingerprint density at radius 2 is 1.68 bits per heavy atom. The number of rotatable bonds is 8. The molecule has 1 rings (SSSR count). The second-order valence-electron chi connectivity index (χ2n) is 6.86. The van der Waals surface area contributed by atoms with Crippen LogP contribution in [0.5, 0.6) is 0 Å². The highest BCUT2D eigenvalue weighted by Crippen LogP contribution is 2.48. The maximum atomic E-state index is 11.6. The molecule has 1 fully saturated rings. The standard InChI is InChI=1S/C17H32O2/c1-13(2)8-6-7-9-16(12-18)17(19-5)14(3)10-11-15(17)4/h12-16H,6-11H2,1-5H3. The molecular formula is C17H32O2. The molecule has 0 aliphatic heterocycles. The molecule has 0 heterocycles. The lowest BCUT2D eigenvalue weighted by Crippen LogP contribution is -2.47. The molecule has 3 atom stereocenters. The first-order valence-electron chi connectivity index (χ1n) is 7.99. The predicted octanol–water partition coefficient (Wildman–Crippen LogP) is 4.47. The van der Waals surface area contributed by atoms with Gasteiger partial charge in [-0.3, -0.25) is 0 Å². The molecule has 0 saturated heterocycles. The smallest absolute Gasteiger partial charge is 0.125 e. The summed E-state index contributed by atoms with van der Waals surface area (Å²) in [7, 11) is 1.79. The maximum absolute atomic E-state index is 11.6. The average molecular weight is 268 g/mol. The minimum absolute atomic E-state index is 0.0668. The van der Waals surface area contributed by atoms with E-state index in [1.807, 2.05) is 0 Å². The Balaban J connectivity index is 2.63. The molecule has 0 amide bonds. The summed E-state index contributed by atoms with van der Waals surface area (Å²) >= 11 is 0. The molecule has 0 aromatic rings. The van der Waals surface area contributed by atoms with Gasteiger partial charge in [-0.15, -0.1) is 0 Å². The largest absolute Gasteiger partial charge is 0.377 e. The molecular weight excluding hydrogens is 236 g/mol. The molecule has 0 bridgehead atoms. The highest BCUT2D eigenvalue weighted by atomic mass is 16.5. The summed E-state index contributed by atoms with van der Waals surface area (Å²) in [4.78, 5) is 11.6. The van der Waals surface area contributed by atoms with E-state index in [9.17, 15) is 4.79 Å². The van der Waals surface area contributed by atoms with Gasteiger partial charge < -0.3 is 9.53 Å². The molecule has 1 aliphatic carbocycles. The number of hydrogen-bond donors (Lipinski definition) is 0. The summed E-state index contributed by atoms with van der Waals surface area (Å²) in [5, 5.41) is 0. The van der Waals surface area contributed by atoms with Gasteiger partial charge >= 0.3 is 0 Å². The summed E-state index contributed by atoms with van der Waals surface area (Å²) in [5.41, 5.74) is -0.209. The van der Waals surface area contributed by atoms with Gasteiger partial charge in [-0.1, -0.05) is 47.0 Å². The second kappa shape index (κ2) is 7.42. The number of carbonyl (C=O) groups excluding carboxylic acids is 1. The van der Waals surface area contributed by atoms with Gasteiger partial charge in [-0.05, 0) is 37.0 Å². The van der Waals surface area contributed by atoms with Crippen molar-refractivity contribution in [3.8, 4) is 0 Å². The molecule has 0 spiro atoms. The van der Waals surface area contributed by atoms with Crippen molar-refractivity contribution in [1.82, 2.24) is 0 Å². The van der Waals surface area contributed by atoms with Crippen molar-refractivity contribution in [1.29, 1.82) is 0 Å². The lowest BCUT2D eigenvalue weighted by atomic mass is 9.73. The average Bonchev–Trinajstić information content (AvgIpc) is 2.66. The molecule has 1 saturated carbocycles. The molecule has 2 heteroatoms. The zero-order valence-electron chi connectivity index (χ0n) is 13.4. The van der Waals surface area contributed by atoms with Crippen LogP contribution >= 0.6 is 0 Å². The minimum atomic E-state index is -0.209. The molecule has 3 unspecified atom stereocenters. The predicted molar refractivity (Wildman–Crippen MR) is 80.2 cm³/mol. The summed E-state index contributed by atoms with van der Waals surface area (Å²) in [5.74, 6) is 1.81. The Bertz CT molecular complexity index is 262. The molecule has 2 nitrogen and oxygen atoms in total. The Morgan fingerprint density at radius 1 is 1.16 bits per heavy atom. The van der Waals surface area contributed by atoms with Crippen LogP contribution in [-0.2, 0) is 9.53 Å². The van der Waals surface area contributed by atoms with Gasteiger partial charge in [0.25, 0.3) is 0 Å². The van der Waals surface area contributed by atoms with Crippen molar-refractivity contribution < 1.29 is 9.53 Å². The highest BCUT2D eigenvalue weighted by Gasteiger charge is 2.51. The van der Waals surface area contributed by atoms with Gasteiger partial charge in [-0.25, -0.2) is 0 Å². The first-order chi connectivity index (χ1) is 8.98. The molecule has 0 aromatic carbocycles. The van der Waals surface area contributed by atoms with Crippen molar-refractivity contribution in [2.45, 2.75) is 71.8 Å². The zero-order valence-corrected chi connectivity index (χ0v) is 13.4. The third-order valence-electron chi connectivity index (χ3n) is 5.22. The van der Waals surface area contributed by atoms with Crippen LogP contribution in [0.25, 0.3) is 0 Å². The van der Waals surface area contributed by atoms with E-state index in [-0.39, 0.29) is 11.5 Å². The van der Waals surface area contributed by atoms with Gasteiger partial charge in [0.1, 0.15) is 6.29 Å². The van der Waals surface area contributed by atoms with E-state index in [4.69, 9.17) is 4.74 Å². The van der Waals surface area contributed by atoms with E-state index in [1.165, 1.54) is 25.7 Å². The fourth-order valence-electron chi connectivity index (χ4n) is 4.04. The molecule has 0 N–H and O–H groups in total. The van der Waals surface area contributed by atoms with E-state index in [0.717, 1.165) is 25.0 Å². The van der Waals surface area contributed by atoms with Crippen LogP contribution in [0, 0.1) is 23.7 Å². The van der Waals surface area contributed by atoms with Crippen LogP contribution in [0.1, 0.15) is 66.2 Å². The van der Waals surface area contributed by atoms with Gasteiger partial charge in [-0.2, -0.15) is 0 Å². The molecule has 0 aromatic heterocycles. The first kappa shape index (κ1) is 16.7. The van der Waals surface area contributed by atoms with E-state index >= 15 is 0 Å². The molecule has 19 heavy (non-hydrogen) atoms. The first-order valence-corrected chi connectivity index (χ1v) is 7.99. The van der Waals surface area contributed by atoms with E-state index in [2.05, 4.69) is 27.7 Å². The fraction of sp³-hybridized carbons (Fsp3) is 0.941. The van der Waals surface area contributed by atoms with Gasteiger partial charge in [0.2, 0.25) is 0 Å². The van der Waals surface area contributed by atoms with E-state index < -0.39 is 0 Å². The topological polar surface area (TPSA) is 26.3 Å². The van der Waals surface area contributed by atoms with Crippen LogP contribution in [0.3, 0.4) is 0 Å². The van der Waals surface area contributed by atoms with E-state index in [1.54, 1.807) is 7.11 Å². The SMILES string of the molecule is COC1(C(C=O)CCCCC(C)C)C(C)CCC1C. The number of ether oxygens (including phenoxy) is 1. The van der Waals surface area contributed by atoms with Crippen molar-refractivity contribution in [3.63, 3.8) is 0 Å². The van der Waals surface area contributed by atoms with Crippen molar-refractivity contribution in [2.75, 3.05) is 7.11 Å². The summed E-state index contributed by atoms with van der Waals surface area (Å²) in [6, 6.07) is 0. The molecule has 0 radical (unpaired) electrons. The fourth-order valence-corrected chi connectivity index (χ4v) is 4.04. The Kier molecular flexibility index (Phi) is 6.52. The number of aldehydes is 1. The van der Waals surface area contributed by atoms with Crippen molar-refractivity contribution in [3.05, 3.63) is 0 Å². The second-order valence-corrected chi connectivity index (χ2v) is 6.86. The summed E-state index contributed by atoms with van der Waals surface area (Å²) in [6.07, 6.45) is 8.15. The Hall–Kier alpha value is -0.370. The van der Waals surface area contributed by atoms with Gasteiger partial charge in [0.05, 0.1) is 5.60 Å². The van der Waals surface area contributed by atoms with Crippen LogP contribution in [0.4, 0.5) is 0 Å². The van der Waals surface area contributed by atoms with Crippen molar-refractivity contribution in [2.24, 2.45) is 23.7 Å². The van der Waals surface area contributed by atoms with Crippen molar-refractivity contribution >= 4 is 6.29 Å². The highest BCUT2D eigenvalue weighted by molar-refractivity contribution is 5.56. The van der Waals surface area contributed by atoms with E-state index in [0.29, 0.717) is 11.8 Å². The molecule has 1 aliphatic rings. The number of carbonyl (C=O) groups is 1. The summed E-state index contributed by atoms with van der Waals surface area (Å²) in [6.45, 7) is 9.01. The monoisotopic (exact) mass is 268 g/mol. The normalized spacial score (nSPS) is 32.7. The number of methoxy groups -OCH3 is 1. The molecule has 112 valence electrons.